The standard InChI is InChI=1S/C13H15F3N2O4S/c1-9-2-3-10(17-12(19)13(14,15)16)11(8-9)23(20,21)18-4-6-22-7-5-18/h2-3,8H,4-7H2,1H3,(H,17,19). The van der Waals surface area contributed by atoms with Crippen LogP contribution in [0.3, 0.4) is 0 Å². The lowest BCUT2D eigenvalue weighted by atomic mass is 10.2. The van der Waals surface area contributed by atoms with Gasteiger partial charge in [0.05, 0.1) is 18.9 Å². The molecule has 0 saturated carbocycles. The van der Waals surface area contributed by atoms with Crippen molar-refractivity contribution in [1.29, 1.82) is 0 Å². The first-order chi connectivity index (χ1) is 10.6. The van der Waals surface area contributed by atoms with Crippen LogP contribution in [0.1, 0.15) is 5.56 Å². The van der Waals surface area contributed by atoms with E-state index >= 15 is 0 Å². The Hall–Kier alpha value is -1.65. The summed E-state index contributed by atoms with van der Waals surface area (Å²) in [6, 6.07) is 3.80. The molecule has 1 aliphatic heterocycles. The van der Waals surface area contributed by atoms with E-state index in [1.807, 2.05) is 0 Å². The number of hydrogen-bond donors (Lipinski definition) is 1. The third kappa shape index (κ3) is 4.01. The summed E-state index contributed by atoms with van der Waals surface area (Å²) in [4.78, 5) is 10.7. The fourth-order valence-electron chi connectivity index (χ4n) is 2.07. The molecule has 1 heterocycles. The summed E-state index contributed by atoms with van der Waals surface area (Å²) in [5.74, 6) is -2.22. The van der Waals surface area contributed by atoms with E-state index in [-0.39, 0.29) is 31.2 Å². The largest absolute Gasteiger partial charge is 0.471 e. The molecule has 1 aliphatic rings. The van der Waals surface area contributed by atoms with Gasteiger partial charge in [-0.15, -0.1) is 0 Å². The maximum Gasteiger partial charge on any atom is 0.471 e. The predicted octanol–water partition coefficient (Wildman–Crippen LogP) is 1.52. The van der Waals surface area contributed by atoms with Crippen LogP contribution in [0.4, 0.5) is 18.9 Å². The molecule has 0 aliphatic carbocycles. The molecule has 1 fully saturated rings. The van der Waals surface area contributed by atoms with Crippen LogP contribution < -0.4 is 5.32 Å². The number of carbonyl (C=O) groups excluding carboxylic acids is 1. The van der Waals surface area contributed by atoms with Gasteiger partial charge in [0.1, 0.15) is 4.90 Å². The Morgan fingerprint density at radius 3 is 2.43 bits per heavy atom. The van der Waals surface area contributed by atoms with E-state index in [4.69, 9.17) is 4.74 Å². The minimum Gasteiger partial charge on any atom is -0.379 e. The molecule has 23 heavy (non-hydrogen) atoms. The van der Waals surface area contributed by atoms with Gasteiger partial charge in [-0.2, -0.15) is 17.5 Å². The lowest BCUT2D eigenvalue weighted by Gasteiger charge is -2.27. The smallest absolute Gasteiger partial charge is 0.379 e. The highest BCUT2D eigenvalue weighted by atomic mass is 32.2. The first-order valence-corrected chi connectivity index (χ1v) is 8.13. The quantitative estimate of drug-likeness (QED) is 0.895. The highest BCUT2D eigenvalue weighted by Gasteiger charge is 2.40. The highest BCUT2D eigenvalue weighted by molar-refractivity contribution is 7.89. The zero-order valence-corrected chi connectivity index (χ0v) is 13.0. The molecule has 0 radical (unpaired) electrons. The number of ether oxygens (including phenoxy) is 1. The molecule has 0 unspecified atom stereocenters. The third-order valence-corrected chi connectivity index (χ3v) is 5.17. The normalized spacial score (nSPS) is 17.0. The van der Waals surface area contributed by atoms with Crippen molar-refractivity contribution >= 4 is 21.6 Å². The van der Waals surface area contributed by atoms with Crippen molar-refractivity contribution in [2.75, 3.05) is 31.6 Å². The van der Waals surface area contributed by atoms with Crippen molar-refractivity contribution in [1.82, 2.24) is 4.31 Å². The molecule has 2 rings (SSSR count). The monoisotopic (exact) mass is 352 g/mol. The average molecular weight is 352 g/mol. The van der Waals surface area contributed by atoms with Crippen LogP contribution in [-0.4, -0.2) is 51.1 Å². The van der Waals surface area contributed by atoms with E-state index in [1.54, 1.807) is 12.2 Å². The minimum absolute atomic E-state index is 0.100. The second-order valence-electron chi connectivity index (χ2n) is 4.97. The molecule has 1 aromatic carbocycles. The maximum absolute atomic E-state index is 12.6. The molecule has 0 atom stereocenters. The predicted molar refractivity (Wildman–Crippen MR) is 75.4 cm³/mol. The summed E-state index contributed by atoms with van der Waals surface area (Å²) < 4.78 is 68.7. The van der Waals surface area contributed by atoms with Crippen LogP contribution in [0.2, 0.25) is 0 Å². The number of nitrogens with one attached hydrogen (secondary N) is 1. The minimum atomic E-state index is -5.11. The van der Waals surface area contributed by atoms with Crippen molar-refractivity contribution in [3.63, 3.8) is 0 Å². The summed E-state index contributed by atoms with van der Waals surface area (Å²) in [5.41, 5.74) is 0.145. The van der Waals surface area contributed by atoms with Crippen LogP contribution in [-0.2, 0) is 19.6 Å². The van der Waals surface area contributed by atoms with Crippen LogP contribution in [0.5, 0.6) is 0 Å². The number of halogens is 3. The van der Waals surface area contributed by atoms with Crippen LogP contribution in [0, 0.1) is 6.92 Å². The molecule has 6 nitrogen and oxygen atoms in total. The van der Waals surface area contributed by atoms with Gasteiger partial charge in [-0.05, 0) is 24.6 Å². The number of morpholine rings is 1. The van der Waals surface area contributed by atoms with Crippen molar-refractivity contribution in [2.45, 2.75) is 18.0 Å². The third-order valence-electron chi connectivity index (χ3n) is 3.23. The Kier molecular flexibility index (Phi) is 4.97. The molecule has 128 valence electrons. The number of nitrogens with zero attached hydrogens (tertiary/aromatic N) is 1. The van der Waals surface area contributed by atoms with Gasteiger partial charge in [-0.1, -0.05) is 6.07 Å². The molecule has 1 amide bonds. The number of hydrogen-bond acceptors (Lipinski definition) is 4. The van der Waals surface area contributed by atoms with E-state index in [1.165, 1.54) is 12.1 Å². The molecular weight excluding hydrogens is 337 g/mol. The maximum atomic E-state index is 12.6. The molecular formula is C13H15F3N2O4S. The van der Waals surface area contributed by atoms with Crippen LogP contribution >= 0.6 is 0 Å². The van der Waals surface area contributed by atoms with E-state index in [2.05, 4.69) is 0 Å². The van der Waals surface area contributed by atoms with Gasteiger partial charge < -0.3 is 10.1 Å². The van der Waals surface area contributed by atoms with Gasteiger partial charge in [0.25, 0.3) is 0 Å². The van der Waals surface area contributed by atoms with E-state index in [0.717, 1.165) is 10.4 Å². The van der Waals surface area contributed by atoms with Gasteiger partial charge in [-0.25, -0.2) is 8.42 Å². The van der Waals surface area contributed by atoms with Crippen molar-refractivity contribution in [3.8, 4) is 0 Å². The molecule has 1 N–H and O–H groups in total. The fraction of sp³-hybridized carbons (Fsp3) is 0.462. The summed E-state index contributed by atoms with van der Waals surface area (Å²) >= 11 is 0. The summed E-state index contributed by atoms with van der Waals surface area (Å²) in [7, 11) is -4.04. The lowest BCUT2D eigenvalue weighted by molar-refractivity contribution is -0.167. The van der Waals surface area contributed by atoms with Gasteiger partial charge in [0.15, 0.2) is 0 Å². The Balaban J connectivity index is 2.40. The van der Waals surface area contributed by atoms with Crippen molar-refractivity contribution in [3.05, 3.63) is 23.8 Å². The van der Waals surface area contributed by atoms with E-state index in [9.17, 15) is 26.4 Å². The topological polar surface area (TPSA) is 75.7 Å². The lowest BCUT2D eigenvalue weighted by Crippen LogP contribution is -2.41. The molecule has 10 heteroatoms. The first-order valence-electron chi connectivity index (χ1n) is 6.69. The van der Waals surface area contributed by atoms with Crippen molar-refractivity contribution < 1.29 is 31.1 Å². The summed E-state index contributed by atoms with van der Waals surface area (Å²) in [6.07, 6.45) is -5.11. The zero-order valence-electron chi connectivity index (χ0n) is 12.2. The summed E-state index contributed by atoms with van der Waals surface area (Å²) in [5, 5.41) is 1.62. The SMILES string of the molecule is Cc1ccc(NC(=O)C(F)(F)F)c(S(=O)(=O)N2CCOCC2)c1. The Morgan fingerprint density at radius 1 is 1.26 bits per heavy atom. The summed E-state index contributed by atoms with van der Waals surface area (Å²) in [6.45, 7) is 2.21. The van der Waals surface area contributed by atoms with Crippen LogP contribution in [0.25, 0.3) is 0 Å². The van der Waals surface area contributed by atoms with E-state index in [0.29, 0.717) is 5.56 Å². The number of benzene rings is 1. The van der Waals surface area contributed by atoms with Gasteiger partial charge in [0.2, 0.25) is 10.0 Å². The number of alkyl halides is 3. The van der Waals surface area contributed by atoms with Gasteiger partial charge in [-0.3, -0.25) is 4.79 Å². The van der Waals surface area contributed by atoms with Crippen molar-refractivity contribution in [2.24, 2.45) is 0 Å². The second kappa shape index (κ2) is 6.46. The number of rotatable bonds is 3. The number of aryl methyl sites for hydroxylation is 1. The zero-order chi connectivity index (χ0) is 17.3. The fourth-order valence-corrected chi connectivity index (χ4v) is 3.71. The van der Waals surface area contributed by atoms with E-state index < -0.39 is 27.8 Å². The number of amides is 1. The first kappa shape index (κ1) is 17.7. The molecule has 1 saturated heterocycles. The Morgan fingerprint density at radius 2 is 1.87 bits per heavy atom. The number of carbonyl (C=O) groups is 1. The number of anilines is 1. The highest BCUT2D eigenvalue weighted by Crippen LogP contribution is 2.28. The Labute approximate surface area is 131 Å². The molecule has 1 aromatic rings. The molecule has 0 aromatic heterocycles. The molecule has 0 spiro atoms. The second-order valence-corrected chi connectivity index (χ2v) is 6.87. The average Bonchev–Trinajstić information content (AvgIpc) is 2.49. The van der Waals surface area contributed by atoms with Gasteiger partial charge in [0, 0.05) is 13.1 Å². The number of sulfonamides is 1. The van der Waals surface area contributed by atoms with Crippen LogP contribution in [0.15, 0.2) is 23.1 Å². The van der Waals surface area contributed by atoms with Gasteiger partial charge >= 0.3 is 12.1 Å². The Bertz CT molecular complexity index is 698. The molecule has 0 bridgehead atoms.